The van der Waals surface area contributed by atoms with Crippen LogP contribution in [0.4, 0.5) is 0 Å². The molecule has 0 bridgehead atoms. The van der Waals surface area contributed by atoms with Gasteiger partial charge in [-0.05, 0) is 18.1 Å². The fourth-order valence-corrected chi connectivity index (χ4v) is 2.98. The van der Waals surface area contributed by atoms with Crippen molar-refractivity contribution in [3.63, 3.8) is 0 Å². The molecule has 3 rings (SSSR count). The quantitative estimate of drug-likeness (QED) is 0.866. The van der Waals surface area contributed by atoms with Gasteiger partial charge >= 0.3 is 0 Å². The molecule has 1 saturated heterocycles. The van der Waals surface area contributed by atoms with Gasteiger partial charge in [-0.15, -0.1) is 0 Å². The third-order valence-corrected chi connectivity index (χ3v) is 3.83. The highest BCUT2D eigenvalue weighted by atomic mass is 16.5. The fraction of sp³-hybridized carbons (Fsp3) is 0.235. The van der Waals surface area contributed by atoms with Crippen LogP contribution < -0.4 is 0 Å². The van der Waals surface area contributed by atoms with Gasteiger partial charge in [0, 0.05) is 6.42 Å². The van der Waals surface area contributed by atoms with E-state index >= 15 is 0 Å². The average molecular weight is 251 g/mol. The Kier molecular flexibility index (Phi) is 2.86. The first kappa shape index (κ1) is 12.0. The molecule has 1 N–H and O–H groups in total. The molecule has 2 heteroatoms. The highest BCUT2D eigenvalue weighted by Gasteiger charge is 2.47. The van der Waals surface area contributed by atoms with E-state index in [0.29, 0.717) is 5.90 Å². The average Bonchev–Trinajstić information content (AvgIpc) is 2.76. The second-order valence-corrected chi connectivity index (χ2v) is 5.10. The lowest BCUT2D eigenvalue weighted by Gasteiger charge is -2.28. The van der Waals surface area contributed by atoms with E-state index in [9.17, 15) is 0 Å². The van der Waals surface area contributed by atoms with Crippen LogP contribution in [-0.4, -0.2) is 12.0 Å². The number of rotatable bonds is 2. The predicted octanol–water partition coefficient (Wildman–Crippen LogP) is 3.76. The molecule has 0 amide bonds. The molecule has 1 aliphatic heterocycles. The van der Waals surface area contributed by atoms with E-state index in [1.165, 1.54) is 0 Å². The van der Waals surface area contributed by atoms with Gasteiger partial charge in [0.15, 0.2) is 5.90 Å². The molecule has 1 heterocycles. The van der Waals surface area contributed by atoms with E-state index in [-0.39, 0.29) is 6.10 Å². The third-order valence-electron chi connectivity index (χ3n) is 3.83. The Bertz CT molecular complexity index is 537. The van der Waals surface area contributed by atoms with Crippen LogP contribution in [0.1, 0.15) is 24.5 Å². The van der Waals surface area contributed by atoms with E-state index in [4.69, 9.17) is 10.1 Å². The van der Waals surface area contributed by atoms with Gasteiger partial charge in [0.2, 0.25) is 0 Å². The topological polar surface area (TPSA) is 33.1 Å². The standard InChI is InChI=1S/C17H17NO/c1-13-12-17(16(18)19-13,14-8-4-2-5-9-14)15-10-6-3-7-11-15/h2-11,13,18H,12H2,1H3/t13-/m1/s1. The zero-order valence-corrected chi connectivity index (χ0v) is 11.0. The molecule has 0 unspecified atom stereocenters. The van der Waals surface area contributed by atoms with Gasteiger partial charge in [-0.3, -0.25) is 5.41 Å². The Morgan fingerprint density at radius 1 is 0.947 bits per heavy atom. The van der Waals surface area contributed by atoms with Crippen molar-refractivity contribution >= 4 is 5.90 Å². The monoisotopic (exact) mass is 251 g/mol. The van der Waals surface area contributed by atoms with Gasteiger partial charge in [-0.1, -0.05) is 60.7 Å². The number of hydrogen-bond donors (Lipinski definition) is 1. The van der Waals surface area contributed by atoms with Crippen LogP contribution in [0.2, 0.25) is 0 Å². The van der Waals surface area contributed by atoms with Crippen molar-refractivity contribution in [1.82, 2.24) is 0 Å². The van der Waals surface area contributed by atoms with Crippen molar-refractivity contribution in [1.29, 1.82) is 5.41 Å². The van der Waals surface area contributed by atoms with Crippen LogP contribution >= 0.6 is 0 Å². The lowest BCUT2D eigenvalue weighted by atomic mass is 9.72. The molecule has 0 radical (unpaired) electrons. The van der Waals surface area contributed by atoms with E-state index in [1.54, 1.807) is 0 Å². The summed E-state index contributed by atoms with van der Waals surface area (Å²) in [7, 11) is 0. The molecule has 1 atom stereocenters. The minimum absolute atomic E-state index is 0.0768. The van der Waals surface area contributed by atoms with Crippen LogP contribution in [0.15, 0.2) is 60.7 Å². The van der Waals surface area contributed by atoms with Crippen LogP contribution in [-0.2, 0) is 10.2 Å². The first-order chi connectivity index (χ1) is 9.23. The van der Waals surface area contributed by atoms with Crippen molar-refractivity contribution in [3.8, 4) is 0 Å². The molecule has 1 aliphatic rings. The number of nitrogens with one attached hydrogen (secondary N) is 1. The second kappa shape index (κ2) is 4.54. The maximum atomic E-state index is 8.34. The summed E-state index contributed by atoms with van der Waals surface area (Å²) in [5, 5.41) is 8.34. The number of benzene rings is 2. The molecular weight excluding hydrogens is 234 g/mol. The predicted molar refractivity (Wildman–Crippen MR) is 76.6 cm³/mol. The molecule has 0 aliphatic carbocycles. The first-order valence-electron chi connectivity index (χ1n) is 6.60. The van der Waals surface area contributed by atoms with E-state index in [2.05, 4.69) is 24.3 Å². The Morgan fingerprint density at radius 3 is 1.79 bits per heavy atom. The Hall–Kier alpha value is -2.09. The SMILES string of the molecule is C[C@@H]1CC(c2ccccc2)(c2ccccc2)C(=N)O1. The highest BCUT2D eigenvalue weighted by Crippen LogP contribution is 2.43. The van der Waals surface area contributed by atoms with Gasteiger partial charge in [-0.25, -0.2) is 0 Å². The summed E-state index contributed by atoms with van der Waals surface area (Å²) in [4.78, 5) is 0. The summed E-state index contributed by atoms with van der Waals surface area (Å²) < 4.78 is 5.67. The first-order valence-corrected chi connectivity index (χ1v) is 6.60. The number of hydrogen-bond acceptors (Lipinski definition) is 2. The van der Waals surface area contributed by atoms with Crippen LogP contribution in [0, 0.1) is 5.41 Å². The van der Waals surface area contributed by atoms with Crippen molar-refractivity contribution < 1.29 is 4.74 Å². The minimum Gasteiger partial charge on any atom is -0.477 e. The van der Waals surface area contributed by atoms with Gasteiger partial charge in [0.25, 0.3) is 0 Å². The van der Waals surface area contributed by atoms with Crippen molar-refractivity contribution in [3.05, 3.63) is 71.8 Å². The minimum atomic E-state index is -0.429. The van der Waals surface area contributed by atoms with E-state index in [0.717, 1.165) is 17.5 Å². The fourth-order valence-electron chi connectivity index (χ4n) is 2.98. The molecule has 0 spiro atoms. The maximum Gasteiger partial charge on any atom is 0.196 e. The molecule has 2 nitrogen and oxygen atoms in total. The van der Waals surface area contributed by atoms with E-state index < -0.39 is 5.41 Å². The van der Waals surface area contributed by atoms with Crippen molar-refractivity contribution in [2.24, 2.45) is 0 Å². The summed E-state index contributed by atoms with van der Waals surface area (Å²) in [6, 6.07) is 20.5. The van der Waals surface area contributed by atoms with Gasteiger partial charge < -0.3 is 4.74 Å². The number of ether oxygens (including phenoxy) is 1. The largest absolute Gasteiger partial charge is 0.477 e. The summed E-state index contributed by atoms with van der Waals surface area (Å²) in [5.74, 6) is 0.359. The molecule has 0 aromatic heterocycles. The summed E-state index contributed by atoms with van der Waals surface area (Å²) in [5.41, 5.74) is 1.84. The molecule has 96 valence electrons. The van der Waals surface area contributed by atoms with Crippen LogP contribution in [0.3, 0.4) is 0 Å². The third kappa shape index (κ3) is 1.84. The van der Waals surface area contributed by atoms with Crippen LogP contribution in [0.5, 0.6) is 0 Å². The summed E-state index contributed by atoms with van der Waals surface area (Å²) in [6.07, 6.45) is 0.896. The lowest BCUT2D eigenvalue weighted by Crippen LogP contribution is -2.32. The summed E-state index contributed by atoms with van der Waals surface area (Å²) >= 11 is 0. The zero-order valence-electron chi connectivity index (χ0n) is 11.0. The van der Waals surface area contributed by atoms with Gasteiger partial charge in [0.05, 0.1) is 11.5 Å². The van der Waals surface area contributed by atoms with Crippen LogP contribution in [0.25, 0.3) is 0 Å². The molecular formula is C17H17NO. The Labute approximate surface area is 113 Å². The van der Waals surface area contributed by atoms with E-state index in [1.807, 2.05) is 43.3 Å². The smallest absolute Gasteiger partial charge is 0.196 e. The van der Waals surface area contributed by atoms with Gasteiger partial charge in [-0.2, -0.15) is 0 Å². The van der Waals surface area contributed by atoms with Gasteiger partial charge in [0.1, 0.15) is 0 Å². The summed E-state index contributed by atoms with van der Waals surface area (Å²) in [6.45, 7) is 2.03. The zero-order chi connectivity index (χ0) is 13.3. The molecule has 2 aromatic rings. The lowest BCUT2D eigenvalue weighted by molar-refractivity contribution is 0.238. The van der Waals surface area contributed by atoms with Crippen molar-refractivity contribution in [2.45, 2.75) is 24.9 Å². The molecule has 2 aromatic carbocycles. The maximum absolute atomic E-state index is 8.34. The second-order valence-electron chi connectivity index (χ2n) is 5.10. The highest BCUT2D eigenvalue weighted by molar-refractivity contribution is 5.91. The molecule has 1 fully saturated rings. The molecule has 19 heavy (non-hydrogen) atoms. The Balaban J connectivity index is 2.20. The Morgan fingerprint density at radius 2 is 1.42 bits per heavy atom. The normalized spacial score (nSPS) is 21.1. The van der Waals surface area contributed by atoms with Crippen molar-refractivity contribution in [2.75, 3.05) is 0 Å². The molecule has 0 saturated carbocycles.